The van der Waals surface area contributed by atoms with Crippen LogP contribution in [0.3, 0.4) is 0 Å². The minimum absolute atomic E-state index is 0.0788. The maximum absolute atomic E-state index is 13.3. The Balaban J connectivity index is 1.21. The number of benzene rings is 1. The molecule has 1 aromatic heterocycles. The molecule has 36 heavy (non-hydrogen) atoms. The fourth-order valence-corrected chi connectivity index (χ4v) is 10.00. The van der Waals surface area contributed by atoms with Crippen LogP contribution in [0, 0.1) is 0 Å². The molecule has 0 radical (unpaired) electrons. The number of hydrogen-bond donors (Lipinski definition) is 2. The van der Waals surface area contributed by atoms with Crippen LogP contribution in [0.2, 0.25) is 0 Å². The van der Waals surface area contributed by atoms with E-state index in [1.165, 1.54) is 9.91 Å². The molecule has 2 aliphatic heterocycles. The second kappa shape index (κ2) is 9.81. The molecule has 0 bridgehead atoms. The van der Waals surface area contributed by atoms with Gasteiger partial charge in [-0.3, -0.25) is 9.78 Å². The van der Waals surface area contributed by atoms with Crippen LogP contribution in [-0.4, -0.2) is 62.6 Å². The largest absolute Gasteiger partial charge is 0.0633 e. The first-order valence-electron chi connectivity index (χ1n) is 11.7. The van der Waals surface area contributed by atoms with Crippen LogP contribution in [0.25, 0.3) is 11.1 Å². The summed E-state index contributed by atoms with van der Waals surface area (Å²) in [6.45, 7) is 0.415. The van der Waals surface area contributed by atoms with Crippen molar-refractivity contribution in [3.8, 4) is 11.1 Å². The molecule has 6 nitrogen and oxygen atoms in total. The van der Waals surface area contributed by atoms with E-state index < -0.39 is 49.3 Å². The van der Waals surface area contributed by atoms with Crippen LogP contribution in [0.1, 0.15) is 41.7 Å². The number of carbonyl (C=O) groups is 1. The minimum Gasteiger partial charge on any atom is -0.0381 e. The Kier molecular flexibility index (Phi) is 6.88. The van der Waals surface area contributed by atoms with Crippen molar-refractivity contribution in [2.75, 3.05) is 0 Å². The van der Waals surface area contributed by atoms with Gasteiger partial charge in [-0.05, 0) is 6.07 Å². The van der Waals surface area contributed by atoms with Gasteiger partial charge in [0.25, 0.3) is 5.91 Å². The van der Waals surface area contributed by atoms with E-state index in [9.17, 15) is 26.4 Å². The van der Waals surface area contributed by atoms with Gasteiger partial charge in [-0.25, -0.2) is 0 Å². The summed E-state index contributed by atoms with van der Waals surface area (Å²) in [6.07, 6.45) is 2.34. The molecule has 0 spiro atoms. The Morgan fingerprint density at radius 2 is 1.75 bits per heavy atom. The molecule has 1 aliphatic carbocycles. The van der Waals surface area contributed by atoms with E-state index in [0.29, 0.717) is 43.5 Å². The van der Waals surface area contributed by atoms with Crippen LogP contribution in [-0.2, 0) is 16.4 Å². The van der Waals surface area contributed by atoms with Gasteiger partial charge in [0.15, 0.2) is 0 Å². The summed E-state index contributed by atoms with van der Waals surface area (Å²) >= 11 is -1.67. The molecule has 186 valence electrons. The number of hydrogen-bond acceptors (Lipinski definition) is 5. The number of halogens is 3. The van der Waals surface area contributed by atoms with E-state index in [1.807, 2.05) is 0 Å². The summed E-state index contributed by atoms with van der Waals surface area (Å²) in [6, 6.07) is 8.52. The summed E-state index contributed by atoms with van der Waals surface area (Å²) in [7, 11) is -3.51. The number of rotatable bonds is 5. The Morgan fingerprint density at radius 1 is 1.03 bits per heavy atom. The van der Waals surface area contributed by atoms with Crippen molar-refractivity contribution in [3.63, 3.8) is 0 Å². The minimum atomic E-state index is -4.30. The predicted octanol–water partition coefficient (Wildman–Crippen LogP) is 3.52. The van der Waals surface area contributed by atoms with Crippen molar-refractivity contribution in [1.29, 1.82) is 0 Å². The molecule has 5 rings (SSSR count). The van der Waals surface area contributed by atoms with Gasteiger partial charge in [0.05, 0.1) is 17.8 Å². The van der Waals surface area contributed by atoms with Crippen molar-refractivity contribution >= 4 is 41.5 Å². The molecule has 0 atom stereocenters. The second-order valence-corrected chi connectivity index (χ2v) is 15.1. The number of aromatic nitrogens is 1. The number of carbonyl (C=O) groups excluding carboxylic acids is 1. The third kappa shape index (κ3) is 5.18. The molecule has 1 saturated carbocycles. The van der Waals surface area contributed by atoms with E-state index in [1.54, 1.807) is 36.5 Å². The first kappa shape index (κ1) is 25.3. The zero-order chi connectivity index (χ0) is 25.5. The average Bonchev–Trinajstić information content (AvgIpc) is 3.24. The maximum Gasteiger partial charge on any atom is 0.0633 e. The van der Waals surface area contributed by atoms with E-state index in [2.05, 4.69) is 15.6 Å². The molecular weight excluding hydrogens is 594 g/mol. The first-order valence-corrected chi connectivity index (χ1v) is 16.8. The third-order valence-electron chi connectivity index (χ3n) is 6.84. The van der Waals surface area contributed by atoms with Crippen LogP contribution in [0.4, 0.5) is 13.2 Å². The van der Waals surface area contributed by atoms with Crippen molar-refractivity contribution < 1.29 is 26.4 Å². The number of pyridine rings is 1. The van der Waals surface area contributed by atoms with Crippen LogP contribution in [0.15, 0.2) is 63.0 Å². The molecule has 0 unspecified atom stereocenters. The Hall–Kier alpha value is -2.40. The summed E-state index contributed by atoms with van der Waals surface area (Å²) in [4.78, 5) is 16.5. The van der Waals surface area contributed by atoms with E-state index in [-0.39, 0.29) is 16.8 Å². The average molecular weight is 617 g/mol. The molecule has 2 N–H and O–H groups in total. The van der Waals surface area contributed by atoms with Crippen LogP contribution >= 0.6 is 0 Å². The first-order chi connectivity index (χ1) is 17.1. The number of allylic oxidation sites excluding steroid dienone is 2. The molecule has 2 aromatic rings. The third-order valence-corrected chi connectivity index (χ3v) is 12.7. The summed E-state index contributed by atoms with van der Waals surface area (Å²) < 4.78 is 67.2. The zero-order valence-corrected chi connectivity index (χ0v) is 23.3. The Bertz CT molecular complexity index is 1390. The number of fused-ring (bicyclic) bond motifs is 1. The number of alkyl halides is 3. The quantitative estimate of drug-likeness (QED) is 0.537. The second-order valence-electron chi connectivity index (χ2n) is 9.16. The van der Waals surface area contributed by atoms with Gasteiger partial charge in [0, 0.05) is 6.20 Å². The van der Waals surface area contributed by atoms with E-state index in [4.69, 9.17) is 0 Å². The molecule has 1 fully saturated rings. The van der Waals surface area contributed by atoms with Crippen molar-refractivity contribution in [2.24, 2.45) is 0 Å². The number of amides is 1. The number of nitrogens with one attached hydrogen (secondary N) is 2. The number of sulfone groups is 1. The van der Waals surface area contributed by atoms with E-state index in [0.717, 1.165) is 20.6 Å². The molecule has 1 amide bonds. The van der Waals surface area contributed by atoms with Gasteiger partial charge < -0.3 is 5.32 Å². The van der Waals surface area contributed by atoms with E-state index >= 15 is 0 Å². The molecule has 11 heteroatoms. The van der Waals surface area contributed by atoms with Crippen molar-refractivity contribution in [2.45, 2.75) is 54.6 Å². The SMILES string of the molecule is O=C1NCc2ncc(-c3ccc(S(=O)(=O)C4CCC(N[C]5=[In][CH]=C(C(F)(F)F)C=C5)CC4)cc3)cc21. The van der Waals surface area contributed by atoms with Crippen molar-refractivity contribution in [3.05, 3.63) is 69.3 Å². The standard InChI is InChI=1S/C25H23F3N3O3S.In/c1-16(25(26,27)28)3-2-12-29-19-6-10-21(11-7-19)35(33,34)20-8-4-17(5-9-20)18-13-22-23(30-14-18)15-31-24(22)32;/h1-5,8-9,13-14,19,21,29H,6-7,10-11,15H2,(H,31,32);. The molecule has 3 heterocycles. The Labute approximate surface area is 217 Å². The molecule has 0 saturated heterocycles. The topological polar surface area (TPSA) is 88.2 Å². The summed E-state index contributed by atoms with van der Waals surface area (Å²) in [5.74, 6) is -0.160. The van der Waals surface area contributed by atoms with Gasteiger partial charge in [-0.15, -0.1) is 0 Å². The monoisotopic (exact) mass is 617 g/mol. The molecular formula is C25H23F3InN3O3S. The van der Waals surface area contributed by atoms with Gasteiger partial charge in [0.2, 0.25) is 0 Å². The van der Waals surface area contributed by atoms with Crippen LogP contribution in [0.5, 0.6) is 0 Å². The van der Waals surface area contributed by atoms with Gasteiger partial charge in [-0.1, -0.05) is 0 Å². The van der Waals surface area contributed by atoms with Gasteiger partial charge in [0.1, 0.15) is 0 Å². The fraction of sp³-hybridized carbons (Fsp3) is 0.320. The van der Waals surface area contributed by atoms with Gasteiger partial charge >= 0.3 is 168 Å². The zero-order valence-electron chi connectivity index (χ0n) is 19.2. The van der Waals surface area contributed by atoms with Crippen molar-refractivity contribution in [1.82, 2.24) is 15.6 Å². The predicted molar refractivity (Wildman–Crippen MR) is 131 cm³/mol. The number of nitrogens with zero attached hydrogens (tertiary/aromatic N) is 1. The van der Waals surface area contributed by atoms with Gasteiger partial charge in [-0.2, -0.15) is 0 Å². The fourth-order valence-electron chi connectivity index (χ4n) is 4.79. The maximum atomic E-state index is 13.3. The molecule has 3 aliphatic rings. The smallest absolute Gasteiger partial charge is 0.0381 e. The Morgan fingerprint density at radius 3 is 2.39 bits per heavy atom. The molecule has 1 aromatic carbocycles. The normalized spacial score (nSPS) is 21.7. The van der Waals surface area contributed by atoms with Crippen LogP contribution < -0.4 is 10.6 Å². The summed E-state index contributed by atoms with van der Waals surface area (Å²) in [5, 5.41) is 5.60. The summed E-state index contributed by atoms with van der Waals surface area (Å²) in [5.41, 5.74) is 2.21.